The van der Waals surface area contributed by atoms with Crippen molar-refractivity contribution in [2.24, 2.45) is 0 Å². The molecule has 5 nitrogen and oxygen atoms in total. The Morgan fingerprint density at radius 2 is 1.57 bits per heavy atom. The lowest BCUT2D eigenvalue weighted by molar-refractivity contribution is -0.115. The van der Waals surface area contributed by atoms with E-state index in [0.29, 0.717) is 23.8 Å². The average molecular weight is 377 g/mol. The van der Waals surface area contributed by atoms with Crippen LogP contribution in [0, 0.1) is 0 Å². The first-order valence-electron chi connectivity index (χ1n) is 8.95. The largest absolute Gasteiger partial charge is 0.497 e. The van der Waals surface area contributed by atoms with Gasteiger partial charge in [0.2, 0.25) is 5.91 Å². The molecule has 3 aromatic carbocycles. The molecule has 1 N–H and O–H groups in total. The first-order chi connectivity index (χ1) is 13.7. The molecule has 0 bridgehead atoms. The van der Waals surface area contributed by atoms with Gasteiger partial charge >= 0.3 is 0 Å². The Hall–Kier alpha value is -3.47. The molecule has 1 amide bonds. The number of hydrogen-bond donors (Lipinski definition) is 1. The standard InChI is InChI=1S/C23H23NO4/c1-26-21-11-8-18(22(15-21)27-2)14-23(25)24-19-9-12-20(13-10-19)28-16-17-6-4-3-5-7-17/h3-13,15H,14,16H2,1-2H3,(H,24,25). The van der Waals surface area contributed by atoms with E-state index in [1.54, 1.807) is 20.3 Å². The molecule has 0 saturated carbocycles. The van der Waals surface area contributed by atoms with E-state index in [-0.39, 0.29) is 12.3 Å². The summed E-state index contributed by atoms with van der Waals surface area (Å²) in [6, 6.07) is 22.7. The maximum Gasteiger partial charge on any atom is 0.228 e. The highest BCUT2D eigenvalue weighted by atomic mass is 16.5. The summed E-state index contributed by atoms with van der Waals surface area (Å²) in [5, 5.41) is 2.89. The number of amides is 1. The average Bonchev–Trinajstić information content (AvgIpc) is 2.74. The Morgan fingerprint density at radius 1 is 0.857 bits per heavy atom. The third kappa shape index (κ3) is 5.27. The van der Waals surface area contributed by atoms with E-state index in [9.17, 15) is 4.79 Å². The van der Waals surface area contributed by atoms with Crippen LogP contribution in [0.5, 0.6) is 17.2 Å². The number of hydrogen-bond acceptors (Lipinski definition) is 4. The van der Waals surface area contributed by atoms with Gasteiger partial charge in [-0.05, 0) is 35.9 Å². The minimum Gasteiger partial charge on any atom is -0.497 e. The van der Waals surface area contributed by atoms with Crippen LogP contribution in [0.4, 0.5) is 5.69 Å². The van der Waals surface area contributed by atoms with Crippen molar-refractivity contribution in [3.8, 4) is 17.2 Å². The van der Waals surface area contributed by atoms with Gasteiger partial charge in [0.05, 0.1) is 20.6 Å². The van der Waals surface area contributed by atoms with E-state index < -0.39 is 0 Å². The summed E-state index contributed by atoms with van der Waals surface area (Å²) in [4.78, 5) is 12.4. The highest BCUT2D eigenvalue weighted by Gasteiger charge is 2.10. The predicted molar refractivity (Wildman–Crippen MR) is 109 cm³/mol. The lowest BCUT2D eigenvalue weighted by atomic mass is 10.1. The number of ether oxygens (including phenoxy) is 3. The van der Waals surface area contributed by atoms with Gasteiger partial charge in [-0.2, -0.15) is 0 Å². The predicted octanol–water partition coefficient (Wildman–Crippen LogP) is 4.46. The van der Waals surface area contributed by atoms with Gasteiger partial charge in [-0.3, -0.25) is 4.79 Å². The second-order valence-corrected chi connectivity index (χ2v) is 6.20. The molecule has 0 radical (unpaired) electrons. The molecule has 144 valence electrons. The fraction of sp³-hybridized carbons (Fsp3) is 0.174. The summed E-state index contributed by atoms with van der Waals surface area (Å²) in [6.07, 6.45) is 0.208. The monoisotopic (exact) mass is 377 g/mol. The Bertz CT molecular complexity index is 908. The van der Waals surface area contributed by atoms with E-state index in [0.717, 1.165) is 16.9 Å². The minimum absolute atomic E-state index is 0.124. The second kappa shape index (κ2) is 9.46. The van der Waals surface area contributed by atoms with E-state index in [2.05, 4.69) is 5.32 Å². The van der Waals surface area contributed by atoms with Crippen LogP contribution in [0.25, 0.3) is 0 Å². The molecule has 28 heavy (non-hydrogen) atoms. The third-order valence-electron chi connectivity index (χ3n) is 4.23. The maximum absolute atomic E-state index is 12.4. The molecule has 3 rings (SSSR count). The third-order valence-corrected chi connectivity index (χ3v) is 4.23. The van der Waals surface area contributed by atoms with E-state index >= 15 is 0 Å². The Morgan fingerprint density at radius 3 is 2.25 bits per heavy atom. The van der Waals surface area contributed by atoms with Gasteiger partial charge < -0.3 is 19.5 Å². The summed E-state index contributed by atoms with van der Waals surface area (Å²) < 4.78 is 16.3. The van der Waals surface area contributed by atoms with Crippen LogP contribution < -0.4 is 19.5 Å². The number of carbonyl (C=O) groups excluding carboxylic acids is 1. The van der Waals surface area contributed by atoms with E-state index in [4.69, 9.17) is 14.2 Å². The fourth-order valence-electron chi connectivity index (χ4n) is 2.75. The van der Waals surface area contributed by atoms with Gasteiger partial charge in [0, 0.05) is 17.3 Å². The van der Waals surface area contributed by atoms with E-state index in [1.807, 2.05) is 66.7 Å². The molecule has 0 saturated heterocycles. The van der Waals surface area contributed by atoms with Gasteiger partial charge in [-0.1, -0.05) is 36.4 Å². The van der Waals surface area contributed by atoms with Gasteiger partial charge in [-0.15, -0.1) is 0 Å². The zero-order chi connectivity index (χ0) is 19.8. The van der Waals surface area contributed by atoms with Crippen LogP contribution in [0.3, 0.4) is 0 Å². The molecule has 0 fully saturated rings. The first kappa shape index (κ1) is 19.3. The van der Waals surface area contributed by atoms with Crippen LogP contribution in [0.15, 0.2) is 72.8 Å². The van der Waals surface area contributed by atoms with Crippen LogP contribution in [-0.2, 0) is 17.8 Å². The second-order valence-electron chi connectivity index (χ2n) is 6.20. The Labute approximate surface area is 164 Å². The van der Waals surface area contributed by atoms with Crippen LogP contribution in [-0.4, -0.2) is 20.1 Å². The summed E-state index contributed by atoms with van der Waals surface area (Å²) in [5.74, 6) is 1.94. The smallest absolute Gasteiger partial charge is 0.228 e. The molecule has 0 aromatic heterocycles. The number of nitrogens with one attached hydrogen (secondary N) is 1. The van der Waals surface area contributed by atoms with Gasteiger partial charge in [0.15, 0.2) is 0 Å². The van der Waals surface area contributed by atoms with Gasteiger partial charge in [-0.25, -0.2) is 0 Å². The van der Waals surface area contributed by atoms with Crippen LogP contribution >= 0.6 is 0 Å². The number of benzene rings is 3. The summed E-state index contributed by atoms with van der Waals surface area (Å²) in [6.45, 7) is 0.504. The number of carbonyl (C=O) groups is 1. The van der Waals surface area contributed by atoms with Crippen molar-refractivity contribution < 1.29 is 19.0 Å². The molecule has 0 aliphatic rings. The number of rotatable bonds is 8. The van der Waals surface area contributed by atoms with Crippen LogP contribution in [0.2, 0.25) is 0 Å². The molecule has 0 heterocycles. The quantitative estimate of drug-likeness (QED) is 0.630. The zero-order valence-electron chi connectivity index (χ0n) is 16.0. The van der Waals surface area contributed by atoms with Crippen molar-refractivity contribution in [1.82, 2.24) is 0 Å². The SMILES string of the molecule is COc1ccc(CC(=O)Nc2ccc(OCc3ccccc3)cc2)c(OC)c1. The molecule has 0 atom stereocenters. The molecule has 5 heteroatoms. The summed E-state index contributed by atoms with van der Waals surface area (Å²) in [5.41, 5.74) is 2.61. The Kier molecular flexibility index (Phi) is 6.52. The highest BCUT2D eigenvalue weighted by Crippen LogP contribution is 2.25. The van der Waals surface area contributed by atoms with Gasteiger partial charge in [0.25, 0.3) is 0 Å². The minimum atomic E-state index is -0.124. The van der Waals surface area contributed by atoms with Crippen LogP contribution in [0.1, 0.15) is 11.1 Å². The van der Waals surface area contributed by atoms with Crippen molar-refractivity contribution in [1.29, 1.82) is 0 Å². The topological polar surface area (TPSA) is 56.8 Å². The molecule has 0 aliphatic heterocycles. The molecule has 3 aromatic rings. The molecule has 0 spiro atoms. The van der Waals surface area contributed by atoms with Crippen molar-refractivity contribution in [2.45, 2.75) is 13.0 Å². The Balaban J connectivity index is 1.56. The normalized spacial score (nSPS) is 10.2. The molecular formula is C23H23NO4. The maximum atomic E-state index is 12.4. The van der Waals surface area contributed by atoms with Crippen molar-refractivity contribution >= 4 is 11.6 Å². The van der Waals surface area contributed by atoms with Gasteiger partial charge in [0.1, 0.15) is 23.9 Å². The molecular weight excluding hydrogens is 354 g/mol. The molecule has 0 aliphatic carbocycles. The van der Waals surface area contributed by atoms with Crippen molar-refractivity contribution in [2.75, 3.05) is 19.5 Å². The zero-order valence-corrected chi connectivity index (χ0v) is 16.0. The van der Waals surface area contributed by atoms with Crippen molar-refractivity contribution in [3.05, 3.63) is 83.9 Å². The fourth-order valence-corrected chi connectivity index (χ4v) is 2.75. The molecule has 0 unspecified atom stereocenters. The first-order valence-corrected chi connectivity index (χ1v) is 8.95. The summed E-state index contributed by atoms with van der Waals surface area (Å²) in [7, 11) is 3.17. The highest BCUT2D eigenvalue weighted by molar-refractivity contribution is 5.92. The van der Waals surface area contributed by atoms with E-state index in [1.165, 1.54) is 0 Å². The lowest BCUT2D eigenvalue weighted by Gasteiger charge is -2.11. The number of methoxy groups -OCH3 is 2. The van der Waals surface area contributed by atoms with Crippen molar-refractivity contribution in [3.63, 3.8) is 0 Å². The summed E-state index contributed by atoms with van der Waals surface area (Å²) >= 11 is 0. The number of anilines is 1. The lowest BCUT2D eigenvalue weighted by Crippen LogP contribution is -2.14.